The van der Waals surface area contributed by atoms with Crippen LogP contribution >= 0.6 is 11.6 Å². The molecular weight excluding hydrogens is 210 g/mol. The summed E-state index contributed by atoms with van der Waals surface area (Å²) >= 11 is 5.67. The molecule has 1 aliphatic rings. The maximum atomic E-state index is 11.9. The molecule has 0 aliphatic heterocycles. The Kier molecular flexibility index (Phi) is 6.07. The number of hydrogen-bond acceptors (Lipinski definition) is 1. The first-order valence-corrected chi connectivity index (χ1v) is 6.65. The molecule has 0 heterocycles. The van der Waals surface area contributed by atoms with Gasteiger partial charge in [0.25, 0.3) is 0 Å². The largest absolute Gasteiger partial charge is 0.342 e. The molecule has 0 aromatic heterocycles. The number of alkyl halides is 1. The van der Waals surface area contributed by atoms with Crippen molar-refractivity contribution in [1.82, 2.24) is 4.90 Å². The van der Waals surface area contributed by atoms with Crippen LogP contribution in [0.4, 0.5) is 0 Å². The Bertz CT molecular complexity index is 190. The smallest absolute Gasteiger partial charge is 0.222 e. The minimum absolute atomic E-state index is 0.296. The van der Waals surface area contributed by atoms with Crippen molar-refractivity contribution in [3.05, 3.63) is 0 Å². The van der Waals surface area contributed by atoms with E-state index < -0.39 is 0 Å². The van der Waals surface area contributed by atoms with Crippen molar-refractivity contribution in [3.63, 3.8) is 0 Å². The SMILES string of the molecule is CCN(CCCl)C(=O)CC1CCCCC1. The van der Waals surface area contributed by atoms with Crippen LogP contribution in [0.1, 0.15) is 45.4 Å². The Morgan fingerprint density at radius 1 is 1.33 bits per heavy atom. The molecule has 0 aromatic carbocycles. The molecule has 0 bridgehead atoms. The molecule has 1 saturated carbocycles. The van der Waals surface area contributed by atoms with E-state index in [0.29, 0.717) is 24.2 Å². The van der Waals surface area contributed by atoms with Crippen molar-refractivity contribution in [1.29, 1.82) is 0 Å². The zero-order valence-corrected chi connectivity index (χ0v) is 10.4. The fraction of sp³-hybridized carbons (Fsp3) is 0.917. The standard InChI is InChI=1S/C12H22ClNO/c1-2-14(9-8-13)12(15)10-11-6-4-3-5-7-11/h11H,2-10H2,1H3. The Balaban J connectivity index is 2.31. The second-order valence-electron chi connectivity index (χ2n) is 4.37. The Morgan fingerprint density at radius 2 is 2.00 bits per heavy atom. The molecule has 0 N–H and O–H groups in total. The van der Waals surface area contributed by atoms with Gasteiger partial charge in [-0.25, -0.2) is 0 Å². The number of halogens is 1. The van der Waals surface area contributed by atoms with Crippen LogP contribution in [0.3, 0.4) is 0 Å². The van der Waals surface area contributed by atoms with Crippen molar-refractivity contribution in [3.8, 4) is 0 Å². The summed E-state index contributed by atoms with van der Waals surface area (Å²) in [7, 11) is 0. The van der Waals surface area contributed by atoms with Gasteiger partial charge in [-0.3, -0.25) is 4.79 Å². The van der Waals surface area contributed by atoms with Crippen LogP contribution in [0.25, 0.3) is 0 Å². The lowest BCUT2D eigenvalue weighted by Crippen LogP contribution is -2.34. The van der Waals surface area contributed by atoms with Gasteiger partial charge in [-0.05, 0) is 25.7 Å². The topological polar surface area (TPSA) is 20.3 Å². The summed E-state index contributed by atoms with van der Waals surface area (Å²) in [6.45, 7) is 3.51. The molecule has 0 spiro atoms. The number of amides is 1. The third kappa shape index (κ3) is 4.42. The van der Waals surface area contributed by atoms with Crippen LogP contribution in [-0.4, -0.2) is 29.8 Å². The highest BCUT2D eigenvalue weighted by Crippen LogP contribution is 2.26. The number of nitrogens with zero attached hydrogens (tertiary/aromatic N) is 1. The summed E-state index contributed by atoms with van der Waals surface area (Å²) in [6.07, 6.45) is 7.18. The average molecular weight is 232 g/mol. The lowest BCUT2D eigenvalue weighted by atomic mass is 9.86. The van der Waals surface area contributed by atoms with Crippen LogP contribution in [0.2, 0.25) is 0 Å². The minimum atomic E-state index is 0.296. The van der Waals surface area contributed by atoms with Crippen LogP contribution in [-0.2, 0) is 4.79 Å². The van der Waals surface area contributed by atoms with E-state index in [1.165, 1.54) is 32.1 Å². The summed E-state index contributed by atoms with van der Waals surface area (Å²) in [4.78, 5) is 13.8. The highest BCUT2D eigenvalue weighted by Gasteiger charge is 2.19. The van der Waals surface area contributed by atoms with Crippen molar-refractivity contribution in [2.24, 2.45) is 5.92 Å². The molecule has 0 unspecified atom stereocenters. The van der Waals surface area contributed by atoms with E-state index in [2.05, 4.69) is 0 Å². The summed E-state index contributed by atoms with van der Waals surface area (Å²) < 4.78 is 0. The van der Waals surface area contributed by atoms with Crippen LogP contribution in [0.15, 0.2) is 0 Å². The number of carbonyl (C=O) groups is 1. The van der Waals surface area contributed by atoms with Crippen LogP contribution in [0.5, 0.6) is 0 Å². The third-order valence-corrected chi connectivity index (χ3v) is 3.45. The van der Waals surface area contributed by atoms with Gasteiger partial charge in [0.2, 0.25) is 5.91 Å². The second-order valence-corrected chi connectivity index (χ2v) is 4.75. The van der Waals surface area contributed by atoms with E-state index in [1.54, 1.807) is 0 Å². The molecule has 0 atom stereocenters. The van der Waals surface area contributed by atoms with E-state index in [1.807, 2.05) is 11.8 Å². The molecular formula is C12H22ClNO. The number of carbonyl (C=O) groups excluding carboxylic acids is 1. The Labute approximate surface area is 98.0 Å². The fourth-order valence-electron chi connectivity index (χ4n) is 2.33. The minimum Gasteiger partial charge on any atom is -0.342 e. The quantitative estimate of drug-likeness (QED) is 0.666. The van der Waals surface area contributed by atoms with Gasteiger partial charge in [0.1, 0.15) is 0 Å². The molecule has 1 aliphatic carbocycles. The molecule has 1 rings (SSSR count). The molecule has 1 fully saturated rings. The molecule has 0 radical (unpaired) electrons. The summed E-state index contributed by atoms with van der Waals surface area (Å²) in [6, 6.07) is 0. The van der Waals surface area contributed by atoms with Gasteiger partial charge in [-0.1, -0.05) is 19.3 Å². The molecule has 0 saturated heterocycles. The predicted molar refractivity (Wildman–Crippen MR) is 64.2 cm³/mol. The lowest BCUT2D eigenvalue weighted by molar-refractivity contribution is -0.132. The number of hydrogen-bond donors (Lipinski definition) is 0. The van der Waals surface area contributed by atoms with Crippen molar-refractivity contribution >= 4 is 17.5 Å². The first kappa shape index (κ1) is 12.8. The highest BCUT2D eigenvalue weighted by atomic mass is 35.5. The van der Waals surface area contributed by atoms with E-state index in [0.717, 1.165) is 13.0 Å². The highest BCUT2D eigenvalue weighted by molar-refractivity contribution is 6.18. The molecule has 0 aromatic rings. The third-order valence-electron chi connectivity index (χ3n) is 3.28. The summed E-state index contributed by atoms with van der Waals surface area (Å²) in [5, 5.41) is 0. The van der Waals surface area contributed by atoms with Gasteiger partial charge < -0.3 is 4.90 Å². The van der Waals surface area contributed by atoms with E-state index in [9.17, 15) is 4.79 Å². The fourth-order valence-corrected chi connectivity index (χ4v) is 2.53. The van der Waals surface area contributed by atoms with Crippen LogP contribution < -0.4 is 0 Å². The molecule has 2 nitrogen and oxygen atoms in total. The molecule has 88 valence electrons. The van der Waals surface area contributed by atoms with Crippen molar-refractivity contribution < 1.29 is 4.79 Å². The monoisotopic (exact) mass is 231 g/mol. The lowest BCUT2D eigenvalue weighted by Gasteiger charge is -2.25. The Morgan fingerprint density at radius 3 is 2.53 bits per heavy atom. The second kappa shape index (κ2) is 7.10. The maximum absolute atomic E-state index is 11.9. The van der Waals surface area contributed by atoms with Gasteiger partial charge in [0.05, 0.1) is 0 Å². The van der Waals surface area contributed by atoms with E-state index >= 15 is 0 Å². The zero-order valence-electron chi connectivity index (χ0n) is 9.67. The maximum Gasteiger partial charge on any atom is 0.222 e. The summed E-state index contributed by atoms with van der Waals surface area (Å²) in [5.74, 6) is 1.48. The van der Waals surface area contributed by atoms with E-state index in [-0.39, 0.29) is 0 Å². The van der Waals surface area contributed by atoms with Crippen molar-refractivity contribution in [2.75, 3.05) is 19.0 Å². The van der Waals surface area contributed by atoms with E-state index in [4.69, 9.17) is 11.6 Å². The van der Waals surface area contributed by atoms with Crippen molar-refractivity contribution in [2.45, 2.75) is 45.4 Å². The molecule has 3 heteroatoms. The van der Waals surface area contributed by atoms with Gasteiger partial charge in [0, 0.05) is 25.4 Å². The summed E-state index contributed by atoms with van der Waals surface area (Å²) in [5.41, 5.74) is 0. The first-order chi connectivity index (χ1) is 7.27. The van der Waals surface area contributed by atoms with Gasteiger partial charge in [-0.15, -0.1) is 11.6 Å². The first-order valence-electron chi connectivity index (χ1n) is 6.11. The van der Waals surface area contributed by atoms with Gasteiger partial charge in [0.15, 0.2) is 0 Å². The Hall–Kier alpha value is -0.240. The van der Waals surface area contributed by atoms with Gasteiger partial charge in [-0.2, -0.15) is 0 Å². The zero-order chi connectivity index (χ0) is 11.1. The normalized spacial score (nSPS) is 17.7. The van der Waals surface area contributed by atoms with Gasteiger partial charge >= 0.3 is 0 Å². The average Bonchev–Trinajstić information content (AvgIpc) is 2.27. The number of rotatable bonds is 5. The molecule has 1 amide bonds. The molecule has 15 heavy (non-hydrogen) atoms. The predicted octanol–water partition coefficient (Wildman–Crippen LogP) is 3.04. The van der Waals surface area contributed by atoms with Crippen LogP contribution in [0, 0.1) is 5.92 Å².